The molecule has 2 aromatic heterocycles. The van der Waals surface area contributed by atoms with Crippen LogP contribution in [0.3, 0.4) is 0 Å². The Hall–Kier alpha value is -3.23. The van der Waals surface area contributed by atoms with Crippen LogP contribution in [0.1, 0.15) is 44.1 Å². The third kappa shape index (κ3) is 3.89. The number of nitriles is 1. The van der Waals surface area contributed by atoms with E-state index in [2.05, 4.69) is 15.9 Å². The van der Waals surface area contributed by atoms with Gasteiger partial charge in [0, 0.05) is 18.2 Å². The molecule has 0 atom stereocenters. The van der Waals surface area contributed by atoms with Gasteiger partial charge in [0.1, 0.15) is 0 Å². The Morgan fingerprint density at radius 3 is 2.48 bits per heavy atom. The van der Waals surface area contributed by atoms with E-state index in [-0.39, 0.29) is 23.4 Å². The molecule has 2 saturated carbocycles. The molecule has 11 heteroatoms. The van der Waals surface area contributed by atoms with E-state index >= 15 is 0 Å². The molecule has 3 aromatic rings. The van der Waals surface area contributed by atoms with Gasteiger partial charge in [-0.15, -0.1) is 0 Å². The van der Waals surface area contributed by atoms with Crippen molar-refractivity contribution in [2.24, 2.45) is 5.41 Å². The number of aryl methyl sites for hydroxylation is 1. The van der Waals surface area contributed by atoms with Crippen molar-refractivity contribution in [3.8, 4) is 6.07 Å². The summed E-state index contributed by atoms with van der Waals surface area (Å²) in [5.41, 5.74) is -1.43. The number of nitrogens with one attached hydrogen (secondary N) is 1. The van der Waals surface area contributed by atoms with Crippen LogP contribution in [0.2, 0.25) is 0 Å². The fourth-order valence-electron chi connectivity index (χ4n) is 3.94. The molecule has 1 aromatic carbocycles. The van der Waals surface area contributed by atoms with Gasteiger partial charge in [0.05, 0.1) is 39.5 Å². The van der Waals surface area contributed by atoms with Gasteiger partial charge in [-0.2, -0.15) is 5.26 Å². The minimum atomic E-state index is -3.85. The van der Waals surface area contributed by atoms with Crippen molar-refractivity contribution in [3.63, 3.8) is 0 Å². The number of hydrogen-bond donors (Lipinski definition) is 1. The van der Waals surface area contributed by atoms with Crippen LogP contribution in [0.4, 0.5) is 0 Å². The van der Waals surface area contributed by atoms with E-state index in [1.807, 2.05) is 6.92 Å². The van der Waals surface area contributed by atoms with E-state index in [1.54, 1.807) is 13.0 Å². The summed E-state index contributed by atoms with van der Waals surface area (Å²) >= 11 is 0. The van der Waals surface area contributed by atoms with Crippen LogP contribution in [-0.4, -0.2) is 28.2 Å². The van der Waals surface area contributed by atoms with E-state index in [0.717, 1.165) is 17.4 Å². The molecule has 33 heavy (non-hydrogen) atoms. The van der Waals surface area contributed by atoms with E-state index < -0.39 is 32.2 Å². The van der Waals surface area contributed by atoms with Crippen molar-refractivity contribution in [1.82, 2.24) is 19.0 Å². The Balaban J connectivity index is 1.69. The maximum absolute atomic E-state index is 13.3. The number of benzene rings is 1. The van der Waals surface area contributed by atoms with Gasteiger partial charge in [0.15, 0.2) is 5.76 Å². The largest absolute Gasteiger partial charge is 0.359 e. The highest BCUT2D eigenvalue weighted by molar-refractivity contribution is 7.89. The van der Waals surface area contributed by atoms with Gasteiger partial charge in [0.25, 0.3) is 5.56 Å². The van der Waals surface area contributed by atoms with Crippen molar-refractivity contribution in [3.05, 3.63) is 56.6 Å². The smallest absolute Gasteiger partial charge is 0.331 e. The van der Waals surface area contributed by atoms with Gasteiger partial charge in [-0.05, 0) is 57.7 Å². The van der Waals surface area contributed by atoms with Gasteiger partial charge in [-0.1, -0.05) is 5.16 Å². The van der Waals surface area contributed by atoms with E-state index in [1.165, 1.54) is 22.8 Å². The summed E-state index contributed by atoms with van der Waals surface area (Å²) in [5.74, 6) is 0.325. The van der Waals surface area contributed by atoms with E-state index in [4.69, 9.17) is 4.52 Å². The molecule has 1 N–H and O–H groups in total. The lowest BCUT2D eigenvalue weighted by molar-refractivity contribution is 0.367. The molecule has 2 aliphatic rings. The topological polar surface area (TPSA) is 140 Å². The monoisotopic (exact) mass is 469 g/mol. The van der Waals surface area contributed by atoms with Crippen molar-refractivity contribution in [1.29, 1.82) is 5.26 Å². The zero-order chi connectivity index (χ0) is 23.6. The second-order valence-electron chi connectivity index (χ2n) is 9.43. The predicted molar refractivity (Wildman–Crippen MR) is 118 cm³/mol. The number of nitrogens with zero attached hydrogens (tertiary/aromatic N) is 4. The number of hydrogen-bond acceptors (Lipinski definition) is 7. The van der Waals surface area contributed by atoms with Crippen LogP contribution in [-0.2, 0) is 23.1 Å². The first kappa shape index (κ1) is 21.6. The van der Waals surface area contributed by atoms with Gasteiger partial charge >= 0.3 is 5.69 Å². The molecular formula is C22H23N5O5S. The Labute approximate surface area is 189 Å². The van der Waals surface area contributed by atoms with Crippen molar-refractivity contribution < 1.29 is 12.9 Å². The zero-order valence-corrected chi connectivity index (χ0v) is 19.1. The zero-order valence-electron chi connectivity index (χ0n) is 18.3. The van der Waals surface area contributed by atoms with Gasteiger partial charge < -0.3 is 4.52 Å². The summed E-state index contributed by atoms with van der Waals surface area (Å²) in [7, 11) is -3.85. The van der Waals surface area contributed by atoms with Gasteiger partial charge in [0.2, 0.25) is 10.0 Å². The van der Waals surface area contributed by atoms with Crippen LogP contribution in [0.5, 0.6) is 0 Å². The quantitative estimate of drug-likeness (QED) is 0.555. The Kier molecular flexibility index (Phi) is 4.67. The summed E-state index contributed by atoms with van der Waals surface area (Å²) in [6, 6.07) is 8.05. The molecule has 0 saturated heterocycles. The Morgan fingerprint density at radius 2 is 1.91 bits per heavy atom. The molecular weight excluding hydrogens is 446 g/mol. The Morgan fingerprint density at radius 1 is 1.18 bits per heavy atom. The first-order valence-electron chi connectivity index (χ1n) is 10.7. The summed E-state index contributed by atoms with van der Waals surface area (Å²) in [6.45, 7) is 3.52. The Bertz CT molecular complexity index is 1550. The molecule has 0 amide bonds. The molecule has 0 spiro atoms. The fraction of sp³-hybridized carbons (Fsp3) is 0.455. The third-order valence-electron chi connectivity index (χ3n) is 6.43. The fourth-order valence-corrected chi connectivity index (χ4v) is 5.43. The number of fused-ring (bicyclic) bond motifs is 1. The third-order valence-corrected chi connectivity index (χ3v) is 8.07. The highest BCUT2D eigenvalue weighted by atomic mass is 32.2. The lowest BCUT2D eigenvalue weighted by Crippen LogP contribution is -2.41. The molecule has 0 bridgehead atoms. The van der Waals surface area contributed by atoms with Crippen LogP contribution in [0, 0.1) is 23.7 Å². The minimum absolute atomic E-state index is 0.0473. The lowest BCUT2D eigenvalue weighted by Gasteiger charge is -2.17. The normalized spacial score (nSPS) is 18.2. The standard InChI is InChI=1S/C22H23N5O5S/c1-14-9-15(32-24-14)11-26-19(28)17-10-16(33(30,31)25-21(2)5-6-21)3-4-18(17)27(20(26)29)13-22(12-23)7-8-22/h3-4,9-10,25H,5-8,11,13H2,1-2H3. The molecule has 0 unspecified atom stereocenters. The van der Waals surface area contributed by atoms with Gasteiger partial charge in [-0.3, -0.25) is 13.9 Å². The summed E-state index contributed by atoms with van der Waals surface area (Å²) < 4.78 is 36.1. The SMILES string of the molecule is Cc1cc(Cn2c(=O)c3cc(S(=O)(=O)NC4(C)CC4)ccc3n(CC3(C#N)CC3)c2=O)on1. The highest BCUT2D eigenvalue weighted by Gasteiger charge is 2.44. The van der Waals surface area contributed by atoms with Gasteiger partial charge in [-0.25, -0.2) is 17.9 Å². The number of rotatable bonds is 7. The average molecular weight is 470 g/mol. The molecule has 2 heterocycles. The maximum Gasteiger partial charge on any atom is 0.331 e. The number of sulfonamides is 1. The molecule has 0 radical (unpaired) electrons. The molecule has 10 nitrogen and oxygen atoms in total. The maximum atomic E-state index is 13.3. The van der Waals surface area contributed by atoms with Crippen LogP contribution in [0.25, 0.3) is 10.9 Å². The summed E-state index contributed by atoms with van der Waals surface area (Å²) in [5, 5.41) is 13.4. The first-order chi connectivity index (χ1) is 15.5. The molecule has 0 aliphatic heterocycles. The van der Waals surface area contributed by atoms with E-state index in [0.29, 0.717) is 29.8 Å². The molecule has 5 rings (SSSR count). The molecule has 2 fully saturated rings. The first-order valence-corrected chi connectivity index (χ1v) is 12.2. The predicted octanol–water partition coefficient (Wildman–Crippen LogP) is 1.64. The molecule has 172 valence electrons. The second kappa shape index (κ2) is 7.13. The van der Waals surface area contributed by atoms with Crippen LogP contribution in [0.15, 0.2) is 43.3 Å². The average Bonchev–Trinajstić information content (AvgIpc) is 3.67. The van der Waals surface area contributed by atoms with E-state index in [9.17, 15) is 23.3 Å². The van der Waals surface area contributed by atoms with Crippen molar-refractivity contribution in [2.45, 2.75) is 63.1 Å². The van der Waals surface area contributed by atoms with Crippen molar-refractivity contribution in [2.75, 3.05) is 0 Å². The molecule has 2 aliphatic carbocycles. The van der Waals surface area contributed by atoms with Crippen LogP contribution >= 0.6 is 0 Å². The number of aromatic nitrogens is 3. The lowest BCUT2D eigenvalue weighted by atomic mass is 10.1. The second-order valence-corrected chi connectivity index (χ2v) is 11.1. The van der Waals surface area contributed by atoms with Crippen molar-refractivity contribution >= 4 is 20.9 Å². The minimum Gasteiger partial charge on any atom is -0.359 e. The summed E-state index contributed by atoms with van der Waals surface area (Å²) in [4.78, 5) is 26.6. The summed E-state index contributed by atoms with van der Waals surface area (Å²) in [6.07, 6.45) is 2.82. The van der Waals surface area contributed by atoms with Crippen LogP contribution < -0.4 is 16.0 Å². The highest BCUT2D eigenvalue weighted by Crippen LogP contribution is 2.46.